The first-order valence-electron chi connectivity index (χ1n) is 3.72. The number of hydrogen-bond acceptors (Lipinski definition) is 2. The van der Waals surface area contributed by atoms with E-state index in [2.05, 4.69) is 4.98 Å². The molecule has 66 valence electrons. The monoisotopic (exact) mass is 183 g/mol. The summed E-state index contributed by atoms with van der Waals surface area (Å²) < 4.78 is 0. The van der Waals surface area contributed by atoms with Crippen molar-refractivity contribution in [3.05, 3.63) is 24.0 Å². The summed E-state index contributed by atoms with van der Waals surface area (Å²) in [6.07, 6.45) is 1.87. The minimum absolute atomic E-state index is 0.00926. The van der Waals surface area contributed by atoms with E-state index in [0.717, 1.165) is 5.69 Å². The molecule has 0 aliphatic rings. The number of hydrogen-bond donors (Lipinski definition) is 2. The van der Waals surface area contributed by atoms with E-state index < -0.39 is 0 Å². The SMILES string of the molecule is CN(C)C(C(N)=S)c1ccc[nH]1. The summed E-state index contributed by atoms with van der Waals surface area (Å²) in [5.41, 5.74) is 6.63. The molecule has 0 aliphatic carbocycles. The standard InChI is InChI=1S/C8H13N3S/c1-11(2)7(8(9)12)6-4-3-5-10-6/h3-5,7,10H,1-2H3,(H2,9,12). The van der Waals surface area contributed by atoms with Gasteiger partial charge in [0.05, 0.1) is 4.99 Å². The van der Waals surface area contributed by atoms with E-state index in [9.17, 15) is 0 Å². The Morgan fingerprint density at radius 1 is 1.67 bits per heavy atom. The van der Waals surface area contributed by atoms with Gasteiger partial charge in [0.1, 0.15) is 6.04 Å². The van der Waals surface area contributed by atoms with Crippen molar-refractivity contribution in [2.24, 2.45) is 5.73 Å². The highest BCUT2D eigenvalue weighted by Gasteiger charge is 2.16. The third-order valence-electron chi connectivity index (χ3n) is 1.70. The summed E-state index contributed by atoms with van der Waals surface area (Å²) in [7, 11) is 3.90. The highest BCUT2D eigenvalue weighted by atomic mass is 32.1. The maximum Gasteiger partial charge on any atom is 0.100 e. The van der Waals surface area contributed by atoms with Crippen molar-refractivity contribution < 1.29 is 0 Å². The van der Waals surface area contributed by atoms with Gasteiger partial charge in [-0.1, -0.05) is 12.2 Å². The summed E-state index contributed by atoms with van der Waals surface area (Å²) in [5, 5.41) is 0. The molecule has 1 unspecified atom stereocenters. The second-order valence-electron chi connectivity index (χ2n) is 2.89. The summed E-state index contributed by atoms with van der Waals surface area (Å²) in [6, 6.07) is 3.92. The summed E-state index contributed by atoms with van der Waals surface area (Å²) in [6.45, 7) is 0. The number of aromatic nitrogens is 1. The van der Waals surface area contributed by atoms with Crippen LogP contribution < -0.4 is 5.73 Å². The molecule has 1 aromatic rings. The third-order valence-corrected chi connectivity index (χ3v) is 1.93. The zero-order chi connectivity index (χ0) is 9.14. The molecule has 0 saturated heterocycles. The number of H-pyrrole nitrogens is 1. The van der Waals surface area contributed by atoms with Gasteiger partial charge in [0.2, 0.25) is 0 Å². The Morgan fingerprint density at radius 2 is 2.33 bits per heavy atom. The molecule has 1 atom stereocenters. The lowest BCUT2D eigenvalue weighted by atomic mass is 10.2. The van der Waals surface area contributed by atoms with Crippen LogP contribution >= 0.6 is 12.2 Å². The van der Waals surface area contributed by atoms with Crippen molar-refractivity contribution in [2.45, 2.75) is 6.04 Å². The van der Waals surface area contributed by atoms with Gasteiger partial charge in [-0.25, -0.2) is 0 Å². The van der Waals surface area contributed by atoms with Crippen LogP contribution in [0.3, 0.4) is 0 Å². The van der Waals surface area contributed by atoms with Gasteiger partial charge in [-0.3, -0.25) is 4.90 Å². The number of rotatable bonds is 3. The van der Waals surface area contributed by atoms with Crippen molar-refractivity contribution in [1.29, 1.82) is 0 Å². The first kappa shape index (κ1) is 9.22. The summed E-state index contributed by atoms with van der Waals surface area (Å²) in [5.74, 6) is 0. The third kappa shape index (κ3) is 1.84. The molecule has 0 amide bonds. The average Bonchev–Trinajstić information content (AvgIpc) is 2.37. The van der Waals surface area contributed by atoms with Crippen molar-refractivity contribution in [2.75, 3.05) is 14.1 Å². The predicted octanol–water partition coefficient (Wildman–Crippen LogP) is 0.904. The highest BCUT2D eigenvalue weighted by molar-refractivity contribution is 7.80. The molecule has 4 heteroatoms. The summed E-state index contributed by atoms with van der Waals surface area (Å²) >= 11 is 4.96. The molecular weight excluding hydrogens is 170 g/mol. The molecule has 12 heavy (non-hydrogen) atoms. The van der Waals surface area contributed by atoms with Crippen LogP contribution in [0.15, 0.2) is 18.3 Å². The molecule has 0 fully saturated rings. The first-order valence-corrected chi connectivity index (χ1v) is 4.13. The average molecular weight is 183 g/mol. The van der Waals surface area contributed by atoms with E-state index in [-0.39, 0.29) is 6.04 Å². The fraction of sp³-hybridized carbons (Fsp3) is 0.375. The number of likely N-dealkylation sites (N-methyl/N-ethyl adjacent to an activating group) is 1. The van der Waals surface area contributed by atoms with Gasteiger partial charge in [-0.2, -0.15) is 0 Å². The lowest BCUT2D eigenvalue weighted by Crippen LogP contribution is -2.31. The molecule has 3 nitrogen and oxygen atoms in total. The Hall–Kier alpha value is -0.870. The fourth-order valence-corrected chi connectivity index (χ4v) is 1.54. The van der Waals surface area contributed by atoms with Gasteiger partial charge in [-0.15, -0.1) is 0 Å². The number of nitrogens with two attached hydrogens (primary N) is 1. The van der Waals surface area contributed by atoms with Crippen molar-refractivity contribution in [3.63, 3.8) is 0 Å². The number of nitrogens with one attached hydrogen (secondary N) is 1. The second kappa shape index (κ2) is 3.69. The van der Waals surface area contributed by atoms with E-state index in [4.69, 9.17) is 18.0 Å². The first-order chi connectivity index (χ1) is 5.63. The summed E-state index contributed by atoms with van der Waals surface area (Å²) in [4.78, 5) is 5.56. The Morgan fingerprint density at radius 3 is 2.67 bits per heavy atom. The van der Waals surface area contributed by atoms with Gasteiger partial charge in [0.15, 0.2) is 0 Å². The molecule has 0 radical (unpaired) electrons. The normalized spacial score (nSPS) is 13.2. The highest BCUT2D eigenvalue weighted by Crippen LogP contribution is 2.15. The van der Waals surface area contributed by atoms with Gasteiger partial charge in [0.25, 0.3) is 0 Å². The van der Waals surface area contributed by atoms with Crippen molar-refractivity contribution in [1.82, 2.24) is 9.88 Å². The lowest BCUT2D eigenvalue weighted by Gasteiger charge is -2.21. The van der Waals surface area contributed by atoms with Crippen LogP contribution in [-0.2, 0) is 0 Å². The van der Waals surface area contributed by atoms with Gasteiger partial charge < -0.3 is 10.7 Å². The fourth-order valence-electron chi connectivity index (χ4n) is 1.20. The molecular formula is C8H13N3S. The molecule has 1 aromatic heterocycles. The van der Waals surface area contributed by atoms with E-state index in [1.165, 1.54) is 0 Å². The molecule has 0 saturated carbocycles. The Labute approximate surface area is 77.6 Å². The van der Waals surface area contributed by atoms with Gasteiger partial charge >= 0.3 is 0 Å². The van der Waals surface area contributed by atoms with Crippen molar-refractivity contribution in [3.8, 4) is 0 Å². The quantitative estimate of drug-likeness (QED) is 0.684. The zero-order valence-electron chi connectivity index (χ0n) is 7.24. The van der Waals surface area contributed by atoms with Crippen LogP contribution in [0, 0.1) is 0 Å². The maximum absolute atomic E-state index is 5.60. The van der Waals surface area contributed by atoms with E-state index in [0.29, 0.717) is 4.99 Å². The predicted molar refractivity (Wildman–Crippen MR) is 54.0 cm³/mol. The Balaban J connectivity index is 2.88. The van der Waals surface area contributed by atoms with Gasteiger partial charge in [-0.05, 0) is 26.2 Å². The topological polar surface area (TPSA) is 45.0 Å². The minimum atomic E-state index is 0.00926. The minimum Gasteiger partial charge on any atom is -0.392 e. The van der Waals surface area contributed by atoms with Crippen molar-refractivity contribution >= 4 is 17.2 Å². The second-order valence-corrected chi connectivity index (χ2v) is 3.37. The molecule has 0 aliphatic heterocycles. The zero-order valence-corrected chi connectivity index (χ0v) is 8.06. The molecule has 3 N–H and O–H groups in total. The van der Waals surface area contributed by atoms with E-state index in [1.54, 1.807) is 0 Å². The molecule has 0 bridgehead atoms. The maximum atomic E-state index is 5.60. The van der Waals surface area contributed by atoms with E-state index in [1.807, 2.05) is 37.3 Å². The number of aromatic amines is 1. The van der Waals surface area contributed by atoms with E-state index >= 15 is 0 Å². The number of nitrogens with zero attached hydrogens (tertiary/aromatic N) is 1. The lowest BCUT2D eigenvalue weighted by molar-refractivity contribution is 0.366. The Bertz CT molecular complexity index is 253. The molecule has 0 aromatic carbocycles. The molecule has 0 spiro atoms. The smallest absolute Gasteiger partial charge is 0.100 e. The number of thiocarbonyl (C=S) groups is 1. The van der Waals surface area contributed by atoms with Crippen LogP contribution in [0.1, 0.15) is 11.7 Å². The van der Waals surface area contributed by atoms with Crippen LogP contribution in [0.5, 0.6) is 0 Å². The van der Waals surface area contributed by atoms with Crippen LogP contribution in [0.2, 0.25) is 0 Å². The van der Waals surface area contributed by atoms with Crippen LogP contribution in [0.25, 0.3) is 0 Å². The largest absolute Gasteiger partial charge is 0.392 e. The molecule has 1 heterocycles. The van der Waals surface area contributed by atoms with Crippen LogP contribution in [0.4, 0.5) is 0 Å². The molecule has 1 rings (SSSR count). The Kier molecular flexibility index (Phi) is 2.83. The van der Waals surface area contributed by atoms with Gasteiger partial charge in [0, 0.05) is 11.9 Å². The van der Waals surface area contributed by atoms with Crippen LogP contribution in [-0.4, -0.2) is 29.0 Å².